The summed E-state index contributed by atoms with van der Waals surface area (Å²) >= 11 is 0. The number of aliphatic imine (C=N–C) groups is 1. The predicted octanol–water partition coefficient (Wildman–Crippen LogP) is 3.20. The van der Waals surface area contributed by atoms with Crippen molar-refractivity contribution < 1.29 is 4.52 Å². The molecule has 1 aromatic heterocycles. The Morgan fingerprint density at radius 2 is 2.20 bits per heavy atom. The first-order chi connectivity index (χ1) is 11.6. The molecule has 1 fully saturated rings. The van der Waals surface area contributed by atoms with E-state index >= 15 is 0 Å². The molecule has 1 aromatic rings. The zero-order valence-electron chi connectivity index (χ0n) is 16.0. The number of aromatic nitrogens is 1. The lowest BCUT2D eigenvalue weighted by Crippen LogP contribution is -2.40. The Kier molecular flexibility index (Phi) is 10.4. The first kappa shape index (κ1) is 22.2. The van der Waals surface area contributed by atoms with Gasteiger partial charge in [-0.05, 0) is 44.7 Å². The van der Waals surface area contributed by atoms with E-state index < -0.39 is 0 Å². The number of guanidine groups is 1. The monoisotopic (exact) mass is 463 g/mol. The van der Waals surface area contributed by atoms with Crippen LogP contribution in [0, 0.1) is 5.92 Å². The third-order valence-corrected chi connectivity index (χ3v) is 4.37. The minimum Gasteiger partial charge on any atom is -0.359 e. The van der Waals surface area contributed by atoms with Crippen LogP contribution < -0.4 is 10.6 Å². The molecule has 0 amide bonds. The molecule has 7 heteroatoms. The van der Waals surface area contributed by atoms with Gasteiger partial charge in [-0.1, -0.05) is 25.9 Å². The number of halogens is 1. The molecule has 25 heavy (non-hydrogen) atoms. The molecule has 1 aliphatic heterocycles. The van der Waals surface area contributed by atoms with Gasteiger partial charge in [-0.3, -0.25) is 0 Å². The van der Waals surface area contributed by atoms with Crippen LogP contribution in [0.2, 0.25) is 0 Å². The fourth-order valence-corrected chi connectivity index (χ4v) is 3.01. The van der Waals surface area contributed by atoms with Gasteiger partial charge in [-0.15, -0.1) is 24.0 Å². The van der Waals surface area contributed by atoms with E-state index in [2.05, 4.69) is 53.4 Å². The standard InChI is InChI=1S/C18H33N5O.HI/c1-5-8-23-9-7-15(13-23)11-20-18(19-6-2)21-12-16-10-17(14(3)4)22-24-16;/h10,14-15H,5-9,11-13H2,1-4H3,(H2,19,20,21);1H. The number of nitrogens with one attached hydrogen (secondary N) is 2. The second-order valence-corrected chi connectivity index (χ2v) is 6.90. The normalized spacial score (nSPS) is 18.4. The number of likely N-dealkylation sites (tertiary alicyclic amines) is 1. The summed E-state index contributed by atoms with van der Waals surface area (Å²) in [6, 6.07) is 2.00. The Morgan fingerprint density at radius 1 is 1.40 bits per heavy atom. The Hall–Kier alpha value is -0.830. The van der Waals surface area contributed by atoms with Crippen molar-refractivity contribution in [3.05, 3.63) is 17.5 Å². The molecule has 2 N–H and O–H groups in total. The highest BCUT2D eigenvalue weighted by Gasteiger charge is 2.21. The molecule has 1 saturated heterocycles. The topological polar surface area (TPSA) is 65.7 Å². The number of hydrogen-bond acceptors (Lipinski definition) is 4. The molecule has 1 unspecified atom stereocenters. The Bertz CT molecular complexity index is 517. The molecule has 144 valence electrons. The predicted molar refractivity (Wildman–Crippen MR) is 114 cm³/mol. The second-order valence-electron chi connectivity index (χ2n) is 6.90. The van der Waals surface area contributed by atoms with Crippen LogP contribution in [0.5, 0.6) is 0 Å². The molecule has 0 spiro atoms. The van der Waals surface area contributed by atoms with E-state index in [1.54, 1.807) is 0 Å². The van der Waals surface area contributed by atoms with Crippen LogP contribution in [0.1, 0.15) is 57.9 Å². The maximum atomic E-state index is 5.35. The largest absolute Gasteiger partial charge is 0.359 e. The van der Waals surface area contributed by atoms with Crippen LogP contribution >= 0.6 is 24.0 Å². The van der Waals surface area contributed by atoms with Gasteiger partial charge >= 0.3 is 0 Å². The molecule has 2 heterocycles. The summed E-state index contributed by atoms with van der Waals surface area (Å²) in [5.74, 6) is 2.75. The first-order valence-corrected chi connectivity index (χ1v) is 9.32. The molecule has 0 aliphatic carbocycles. The van der Waals surface area contributed by atoms with Crippen LogP contribution in [-0.2, 0) is 6.54 Å². The Balaban J connectivity index is 0.00000312. The SMILES string of the molecule is CCCN1CCC(CNC(=NCc2cc(C(C)C)no2)NCC)C1.I. The van der Waals surface area contributed by atoms with E-state index in [1.807, 2.05) is 6.07 Å². The third-order valence-electron chi connectivity index (χ3n) is 4.37. The van der Waals surface area contributed by atoms with Crippen LogP contribution in [0.25, 0.3) is 0 Å². The van der Waals surface area contributed by atoms with Gasteiger partial charge in [0.25, 0.3) is 0 Å². The van der Waals surface area contributed by atoms with Crippen molar-refractivity contribution in [3.8, 4) is 0 Å². The molecule has 0 radical (unpaired) electrons. The molecule has 1 atom stereocenters. The summed E-state index contributed by atoms with van der Waals surface area (Å²) in [5.41, 5.74) is 0.986. The van der Waals surface area contributed by atoms with Crippen LogP contribution in [0.15, 0.2) is 15.6 Å². The van der Waals surface area contributed by atoms with Crippen LogP contribution in [0.4, 0.5) is 0 Å². The summed E-state index contributed by atoms with van der Waals surface area (Å²) in [4.78, 5) is 7.17. The highest BCUT2D eigenvalue weighted by Crippen LogP contribution is 2.16. The fraction of sp³-hybridized carbons (Fsp3) is 0.778. The van der Waals surface area contributed by atoms with Crippen LogP contribution in [-0.4, -0.2) is 48.7 Å². The van der Waals surface area contributed by atoms with Gasteiger partial charge in [0, 0.05) is 25.7 Å². The summed E-state index contributed by atoms with van der Waals surface area (Å²) in [7, 11) is 0. The average Bonchev–Trinajstić information content (AvgIpc) is 3.20. The van der Waals surface area contributed by atoms with E-state index in [4.69, 9.17) is 4.52 Å². The fourth-order valence-electron chi connectivity index (χ4n) is 3.01. The zero-order chi connectivity index (χ0) is 17.4. The number of nitrogens with zero attached hydrogens (tertiary/aromatic N) is 3. The van der Waals surface area contributed by atoms with Crippen molar-refractivity contribution in [2.75, 3.05) is 32.7 Å². The van der Waals surface area contributed by atoms with Crippen molar-refractivity contribution in [3.63, 3.8) is 0 Å². The quantitative estimate of drug-likeness (QED) is 0.352. The number of hydrogen-bond donors (Lipinski definition) is 2. The molecular formula is C18H34IN5O. The highest BCUT2D eigenvalue weighted by atomic mass is 127. The molecule has 0 saturated carbocycles. The summed E-state index contributed by atoms with van der Waals surface area (Å²) < 4.78 is 5.35. The minimum atomic E-state index is 0. The summed E-state index contributed by atoms with van der Waals surface area (Å²) in [5, 5.41) is 10.9. The van der Waals surface area contributed by atoms with Gasteiger partial charge in [0.2, 0.25) is 0 Å². The van der Waals surface area contributed by atoms with Gasteiger partial charge < -0.3 is 20.1 Å². The van der Waals surface area contributed by atoms with Crippen molar-refractivity contribution in [1.29, 1.82) is 0 Å². The van der Waals surface area contributed by atoms with E-state index in [0.29, 0.717) is 18.4 Å². The van der Waals surface area contributed by atoms with E-state index in [-0.39, 0.29) is 24.0 Å². The van der Waals surface area contributed by atoms with Crippen molar-refractivity contribution >= 4 is 29.9 Å². The Labute approximate surface area is 169 Å². The minimum absolute atomic E-state index is 0. The van der Waals surface area contributed by atoms with Gasteiger partial charge in [0.05, 0.1) is 5.69 Å². The summed E-state index contributed by atoms with van der Waals surface area (Å²) in [6.45, 7) is 14.5. The van der Waals surface area contributed by atoms with Crippen molar-refractivity contribution in [2.45, 2.75) is 53.0 Å². The van der Waals surface area contributed by atoms with E-state index in [1.165, 1.54) is 32.5 Å². The van der Waals surface area contributed by atoms with Crippen LogP contribution in [0.3, 0.4) is 0 Å². The average molecular weight is 463 g/mol. The van der Waals surface area contributed by atoms with E-state index in [9.17, 15) is 0 Å². The first-order valence-electron chi connectivity index (χ1n) is 9.32. The third kappa shape index (κ3) is 7.52. The number of rotatable bonds is 8. The smallest absolute Gasteiger partial charge is 0.191 e. The lowest BCUT2D eigenvalue weighted by atomic mass is 10.1. The van der Waals surface area contributed by atoms with Gasteiger partial charge in [0.15, 0.2) is 11.7 Å². The highest BCUT2D eigenvalue weighted by molar-refractivity contribution is 14.0. The summed E-state index contributed by atoms with van der Waals surface area (Å²) in [6.07, 6.45) is 2.51. The molecule has 0 aromatic carbocycles. The van der Waals surface area contributed by atoms with Gasteiger partial charge in [-0.2, -0.15) is 0 Å². The molecule has 0 bridgehead atoms. The van der Waals surface area contributed by atoms with E-state index in [0.717, 1.165) is 30.5 Å². The van der Waals surface area contributed by atoms with Gasteiger partial charge in [-0.25, -0.2) is 4.99 Å². The molecular weight excluding hydrogens is 429 g/mol. The second kappa shape index (κ2) is 11.7. The maximum Gasteiger partial charge on any atom is 0.191 e. The maximum absolute atomic E-state index is 5.35. The lowest BCUT2D eigenvalue weighted by molar-refractivity contribution is 0.324. The van der Waals surface area contributed by atoms with Crippen molar-refractivity contribution in [2.24, 2.45) is 10.9 Å². The zero-order valence-corrected chi connectivity index (χ0v) is 18.4. The van der Waals surface area contributed by atoms with Crippen molar-refractivity contribution in [1.82, 2.24) is 20.7 Å². The molecule has 2 rings (SSSR count). The lowest BCUT2D eigenvalue weighted by Gasteiger charge is -2.16. The molecule has 1 aliphatic rings. The molecule has 6 nitrogen and oxygen atoms in total. The van der Waals surface area contributed by atoms with Gasteiger partial charge in [0.1, 0.15) is 6.54 Å². The Morgan fingerprint density at radius 3 is 2.84 bits per heavy atom.